The topological polar surface area (TPSA) is 37.3 Å². The van der Waals surface area contributed by atoms with Gasteiger partial charge in [0.05, 0.1) is 0 Å². The zero-order valence-corrected chi connectivity index (χ0v) is 14.5. The van der Waals surface area contributed by atoms with Gasteiger partial charge in [-0.05, 0) is 66.2 Å². The van der Waals surface area contributed by atoms with E-state index in [1.165, 1.54) is 0 Å². The van der Waals surface area contributed by atoms with Gasteiger partial charge in [0.1, 0.15) is 0 Å². The van der Waals surface area contributed by atoms with E-state index in [1.54, 1.807) is 19.1 Å². The van der Waals surface area contributed by atoms with Crippen molar-refractivity contribution in [2.75, 3.05) is 0 Å². The molecule has 5 heteroatoms. The molecule has 0 spiro atoms. The Balaban J connectivity index is 1.85. The molecule has 4 rings (SSSR count). The second-order valence-electron chi connectivity index (χ2n) is 8.40. The van der Waals surface area contributed by atoms with Crippen molar-refractivity contribution in [3.63, 3.8) is 0 Å². The molecule has 0 amide bonds. The van der Waals surface area contributed by atoms with Crippen LogP contribution in [0.1, 0.15) is 46.0 Å². The van der Waals surface area contributed by atoms with Gasteiger partial charge >= 0.3 is 6.18 Å². The van der Waals surface area contributed by atoms with Crippen molar-refractivity contribution in [2.45, 2.75) is 57.7 Å². The molecular weight excluding hydrogens is 329 g/mol. The third-order valence-electron chi connectivity index (χ3n) is 7.20. The fraction of sp³-hybridized carbons (Fsp3) is 0.650. The Bertz CT molecular complexity index is 730. The summed E-state index contributed by atoms with van der Waals surface area (Å²) in [5, 5.41) is 10.6. The molecule has 4 aliphatic carbocycles. The van der Waals surface area contributed by atoms with E-state index in [-0.39, 0.29) is 30.0 Å². The van der Waals surface area contributed by atoms with Gasteiger partial charge in [0, 0.05) is 11.8 Å². The summed E-state index contributed by atoms with van der Waals surface area (Å²) in [6.45, 7) is 3.63. The minimum Gasteiger partial charge on any atom is -0.380 e. The fourth-order valence-corrected chi connectivity index (χ4v) is 5.85. The number of rotatable bonds is 0. The third-order valence-corrected chi connectivity index (χ3v) is 7.20. The smallest absolute Gasteiger partial charge is 0.380 e. The molecule has 0 aromatic heterocycles. The van der Waals surface area contributed by atoms with Crippen molar-refractivity contribution in [2.24, 2.45) is 23.2 Å². The number of fused-ring (bicyclic) bond motifs is 4. The van der Waals surface area contributed by atoms with E-state index in [2.05, 4.69) is 6.92 Å². The summed E-state index contributed by atoms with van der Waals surface area (Å²) in [7, 11) is 0. The van der Waals surface area contributed by atoms with E-state index >= 15 is 0 Å². The van der Waals surface area contributed by atoms with Crippen molar-refractivity contribution in [3.05, 3.63) is 34.9 Å². The standard InChI is InChI=1S/C20H23F3O2/c1-11-9-12-10-13(24)3-4-14(12)15-5-7-18(2)16(17(11)15)6-8-19(18,25)20(21,22)23/h5,7,10-11,16-17,25H,3-4,6,8-9H2,1-2H3/t11-,16+,17-,18+,19+/m1/s1. The highest BCUT2D eigenvalue weighted by Gasteiger charge is 2.70. The number of halogens is 3. The Morgan fingerprint density at radius 2 is 2.00 bits per heavy atom. The van der Waals surface area contributed by atoms with Crippen LogP contribution in [0.4, 0.5) is 13.2 Å². The van der Waals surface area contributed by atoms with Gasteiger partial charge in [-0.1, -0.05) is 26.0 Å². The fourth-order valence-electron chi connectivity index (χ4n) is 5.85. The van der Waals surface area contributed by atoms with Gasteiger partial charge in [-0.2, -0.15) is 13.2 Å². The maximum absolute atomic E-state index is 13.7. The van der Waals surface area contributed by atoms with Crippen LogP contribution in [0, 0.1) is 23.2 Å². The van der Waals surface area contributed by atoms with Gasteiger partial charge < -0.3 is 5.11 Å². The number of alkyl halides is 3. The van der Waals surface area contributed by atoms with Gasteiger partial charge in [-0.3, -0.25) is 4.79 Å². The summed E-state index contributed by atoms with van der Waals surface area (Å²) in [4.78, 5) is 11.7. The first-order chi connectivity index (χ1) is 11.6. The zero-order valence-electron chi connectivity index (χ0n) is 14.5. The second-order valence-corrected chi connectivity index (χ2v) is 8.40. The number of allylic oxidation sites excluding steroid dienone is 5. The van der Waals surface area contributed by atoms with Crippen LogP contribution in [-0.2, 0) is 4.79 Å². The highest BCUT2D eigenvalue weighted by atomic mass is 19.4. The van der Waals surface area contributed by atoms with Crippen molar-refractivity contribution in [1.82, 2.24) is 0 Å². The lowest BCUT2D eigenvalue weighted by atomic mass is 9.55. The quantitative estimate of drug-likeness (QED) is 0.697. The van der Waals surface area contributed by atoms with Gasteiger partial charge in [0.2, 0.25) is 0 Å². The molecule has 0 aromatic rings. The Morgan fingerprint density at radius 1 is 1.28 bits per heavy atom. The highest BCUT2D eigenvalue weighted by Crippen LogP contribution is 2.65. The number of carbonyl (C=O) groups excluding carboxylic acids is 1. The summed E-state index contributed by atoms with van der Waals surface area (Å²) in [6, 6.07) is 0. The van der Waals surface area contributed by atoms with Crippen LogP contribution in [0.15, 0.2) is 34.9 Å². The molecule has 1 fully saturated rings. The van der Waals surface area contributed by atoms with Crippen molar-refractivity contribution < 1.29 is 23.1 Å². The minimum absolute atomic E-state index is 0.0201. The molecule has 2 nitrogen and oxygen atoms in total. The minimum atomic E-state index is -4.63. The van der Waals surface area contributed by atoms with E-state index in [9.17, 15) is 23.1 Å². The van der Waals surface area contributed by atoms with Crippen LogP contribution in [0.25, 0.3) is 0 Å². The van der Waals surface area contributed by atoms with E-state index in [1.807, 2.05) is 6.08 Å². The number of hydrogen-bond acceptors (Lipinski definition) is 2. The van der Waals surface area contributed by atoms with E-state index in [0.29, 0.717) is 19.3 Å². The molecule has 136 valence electrons. The number of hydrogen-bond donors (Lipinski definition) is 1. The van der Waals surface area contributed by atoms with Crippen LogP contribution in [0.2, 0.25) is 0 Å². The summed E-state index contributed by atoms with van der Waals surface area (Å²) in [5.41, 5.74) is -0.627. The largest absolute Gasteiger partial charge is 0.418 e. The molecule has 0 saturated heterocycles. The SMILES string of the molecule is C[C@@H]1CC2=CC(=O)CCC2=C2C=C[C@@]3(C)[C@@H](CC[C@@]3(O)C(F)(F)F)[C@@H]21. The molecule has 0 aromatic carbocycles. The lowest BCUT2D eigenvalue weighted by Gasteiger charge is -2.50. The predicted molar refractivity (Wildman–Crippen MR) is 87.6 cm³/mol. The normalized spacial score (nSPS) is 43.5. The van der Waals surface area contributed by atoms with Crippen LogP contribution in [0.5, 0.6) is 0 Å². The Labute approximate surface area is 145 Å². The van der Waals surface area contributed by atoms with E-state index in [4.69, 9.17) is 0 Å². The number of aliphatic hydroxyl groups is 1. The molecule has 25 heavy (non-hydrogen) atoms. The third kappa shape index (κ3) is 2.11. The maximum atomic E-state index is 13.7. The zero-order chi connectivity index (χ0) is 18.2. The summed E-state index contributed by atoms with van der Waals surface area (Å²) >= 11 is 0. The molecule has 5 atom stereocenters. The van der Waals surface area contributed by atoms with Crippen molar-refractivity contribution in [1.29, 1.82) is 0 Å². The van der Waals surface area contributed by atoms with Crippen molar-refractivity contribution in [3.8, 4) is 0 Å². The first-order valence-electron chi connectivity index (χ1n) is 9.03. The first kappa shape index (κ1) is 17.1. The number of carbonyl (C=O) groups is 1. The van der Waals surface area contributed by atoms with Gasteiger partial charge in [-0.25, -0.2) is 0 Å². The highest BCUT2D eigenvalue weighted by molar-refractivity contribution is 5.93. The molecule has 1 N–H and O–H groups in total. The van der Waals surface area contributed by atoms with Crippen molar-refractivity contribution >= 4 is 5.78 Å². The van der Waals surface area contributed by atoms with Crippen LogP contribution in [0.3, 0.4) is 0 Å². The van der Waals surface area contributed by atoms with Crippen LogP contribution >= 0.6 is 0 Å². The molecule has 1 saturated carbocycles. The lowest BCUT2D eigenvalue weighted by Crippen LogP contribution is -2.57. The number of ketones is 1. The van der Waals surface area contributed by atoms with Crippen LogP contribution in [-0.4, -0.2) is 22.7 Å². The molecule has 0 unspecified atom stereocenters. The average Bonchev–Trinajstić information content (AvgIpc) is 2.79. The van der Waals surface area contributed by atoms with E-state index < -0.39 is 17.2 Å². The molecular formula is C20H23F3O2. The molecule has 0 heterocycles. The monoisotopic (exact) mass is 352 g/mol. The Kier molecular flexibility index (Phi) is 3.48. The lowest BCUT2D eigenvalue weighted by molar-refractivity contribution is -0.288. The molecule has 0 bridgehead atoms. The predicted octanol–water partition coefficient (Wildman–Crippen LogP) is 4.51. The molecule has 0 aliphatic heterocycles. The van der Waals surface area contributed by atoms with Crippen LogP contribution < -0.4 is 0 Å². The maximum Gasteiger partial charge on any atom is 0.418 e. The molecule has 4 aliphatic rings. The Hall–Kier alpha value is -1.36. The average molecular weight is 352 g/mol. The molecule has 0 radical (unpaired) electrons. The first-order valence-corrected chi connectivity index (χ1v) is 9.03. The summed E-state index contributed by atoms with van der Waals surface area (Å²) in [6.07, 6.45) is 2.54. The van der Waals surface area contributed by atoms with Gasteiger partial charge in [-0.15, -0.1) is 0 Å². The summed E-state index contributed by atoms with van der Waals surface area (Å²) in [5.74, 6) is 0.107. The van der Waals surface area contributed by atoms with Gasteiger partial charge in [0.25, 0.3) is 0 Å². The summed E-state index contributed by atoms with van der Waals surface area (Å²) < 4.78 is 41.0. The Morgan fingerprint density at radius 3 is 2.68 bits per heavy atom. The van der Waals surface area contributed by atoms with Gasteiger partial charge in [0.15, 0.2) is 11.4 Å². The second kappa shape index (κ2) is 5.09. The van der Waals surface area contributed by atoms with E-state index in [0.717, 1.165) is 23.1 Å².